The predicted octanol–water partition coefficient (Wildman–Crippen LogP) is 2.59. The first kappa shape index (κ1) is 19.5. The minimum atomic E-state index is -0.301. The van der Waals surface area contributed by atoms with Crippen LogP contribution in [-0.4, -0.2) is 49.0 Å². The molecule has 1 aromatic rings. The third-order valence-electron chi connectivity index (χ3n) is 4.22. The van der Waals surface area contributed by atoms with E-state index in [-0.39, 0.29) is 17.8 Å². The van der Waals surface area contributed by atoms with Crippen LogP contribution in [0.5, 0.6) is 0 Å². The minimum Gasteiger partial charge on any atom is -0.357 e. The number of hydrogen-bond acceptors (Lipinski definition) is 2. The van der Waals surface area contributed by atoms with Crippen LogP contribution >= 0.6 is 11.6 Å². The molecule has 0 aliphatic carbocycles. The van der Waals surface area contributed by atoms with Gasteiger partial charge in [-0.1, -0.05) is 24.6 Å². The molecule has 1 fully saturated rings. The molecule has 0 bridgehead atoms. The number of benzene rings is 1. The third kappa shape index (κ3) is 5.59. The highest BCUT2D eigenvalue weighted by Crippen LogP contribution is 2.19. The van der Waals surface area contributed by atoms with E-state index in [0.29, 0.717) is 42.5 Å². The van der Waals surface area contributed by atoms with Crippen molar-refractivity contribution in [3.63, 3.8) is 0 Å². The van der Waals surface area contributed by atoms with Crippen molar-refractivity contribution < 1.29 is 9.18 Å². The van der Waals surface area contributed by atoms with Crippen LogP contribution < -0.4 is 10.6 Å². The van der Waals surface area contributed by atoms with E-state index in [0.717, 1.165) is 19.5 Å². The highest BCUT2D eigenvalue weighted by atomic mass is 35.5. The molecule has 1 aliphatic rings. The maximum atomic E-state index is 13.8. The number of likely N-dealkylation sites (tertiary alicyclic amines) is 1. The molecule has 1 saturated heterocycles. The molecular formula is C18H26ClFN4O. The maximum Gasteiger partial charge on any atom is 0.222 e. The quantitative estimate of drug-likeness (QED) is 0.599. The number of nitrogens with zero attached hydrogens (tertiary/aromatic N) is 2. The molecule has 2 N–H and O–H groups in total. The van der Waals surface area contributed by atoms with Gasteiger partial charge in [-0.3, -0.25) is 9.79 Å². The largest absolute Gasteiger partial charge is 0.357 e. The number of carbonyl (C=O) groups excluding carboxylic acids is 1. The van der Waals surface area contributed by atoms with E-state index in [1.807, 2.05) is 18.7 Å². The van der Waals surface area contributed by atoms with E-state index in [4.69, 9.17) is 11.6 Å². The summed E-state index contributed by atoms with van der Waals surface area (Å²) in [6.45, 7) is 6.50. The topological polar surface area (TPSA) is 56.7 Å². The molecule has 0 radical (unpaired) electrons. The van der Waals surface area contributed by atoms with Crippen LogP contribution in [0.15, 0.2) is 23.2 Å². The van der Waals surface area contributed by atoms with Crippen LogP contribution in [0.1, 0.15) is 32.3 Å². The Bertz CT molecular complexity index is 603. The molecule has 138 valence electrons. The van der Waals surface area contributed by atoms with Crippen molar-refractivity contribution >= 4 is 23.5 Å². The average molecular weight is 369 g/mol. The van der Waals surface area contributed by atoms with Gasteiger partial charge in [0, 0.05) is 49.2 Å². The van der Waals surface area contributed by atoms with Crippen LogP contribution in [0.25, 0.3) is 0 Å². The first-order chi connectivity index (χ1) is 12.0. The molecule has 1 aliphatic heterocycles. The summed E-state index contributed by atoms with van der Waals surface area (Å²) in [5.74, 6) is 0.566. The van der Waals surface area contributed by atoms with Gasteiger partial charge in [0.25, 0.3) is 0 Å². The SMILES string of the molecule is CCNC(=NCCc1c(F)cccc1Cl)NC1CCN(C(=O)CC)C1. The Balaban J connectivity index is 1.91. The van der Waals surface area contributed by atoms with Crippen LogP contribution in [0.2, 0.25) is 5.02 Å². The van der Waals surface area contributed by atoms with Crippen molar-refractivity contribution in [3.8, 4) is 0 Å². The van der Waals surface area contributed by atoms with Gasteiger partial charge in [0.05, 0.1) is 0 Å². The Morgan fingerprint density at radius 3 is 2.92 bits per heavy atom. The fraction of sp³-hybridized carbons (Fsp3) is 0.556. The fourth-order valence-corrected chi connectivity index (χ4v) is 3.15. The zero-order chi connectivity index (χ0) is 18.2. The second-order valence-electron chi connectivity index (χ2n) is 6.03. The molecule has 0 spiro atoms. The monoisotopic (exact) mass is 368 g/mol. The number of carbonyl (C=O) groups is 1. The van der Waals surface area contributed by atoms with Gasteiger partial charge in [0.2, 0.25) is 5.91 Å². The van der Waals surface area contributed by atoms with Crippen LogP contribution in [0, 0.1) is 5.82 Å². The summed E-state index contributed by atoms with van der Waals surface area (Å²) in [7, 11) is 0. The molecule has 1 amide bonds. The molecule has 1 aromatic carbocycles. The number of hydrogen-bond donors (Lipinski definition) is 2. The third-order valence-corrected chi connectivity index (χ3v) is 4.58. The van der Waals surface area contributed by atoms with E-state index in [1.165, 1.54) is 6.07 Å². The van der Waals surface area contributed by atoms with Crippen molar-refractivity contribution in [3.05, 3.63) is 34.6 Å². The van der Waals surface area contributed by atoms with Gasteiger partial charge in [0.1, 0.15) is 5.82 Å². The van der Waals surface area contributed by atoms with E-state index >= 15 is 0 Å². The summed E-state index contributed by atoms with van der Waals surface area (Å²) in [6, 6.07) is 4.88. The second-order valence-corrected chi connectivity index (χ2v) is 6.44. The first-order valence-corrected chi connectivity index (χ1v) is 9.18. The van der Waals surface area contributed by atoms with Crippen molar-refractivity contribution in [2.75, 3.05) is 26.2 Å². The number of aliphatic imine (C=N–C) groups is 1. The van der Waals surface area contributed by atoms with Crippen LogP contribution in [-0.2, 0) is 11.2 Å². The Hall–Kier alpha value is -1.82. The van der Waals surface area contributed by atoms with E-state index in [2.05, 4.69) is 15.6 Å². The second kappa shape index (κ2) is 9.61. The van der Waals surface area contributed by atoms with Gasteiger partial charge >= 0.3 is 0 Å². The highest BCUT2D eigenvalue weighted by Gasteiger charge is 2.25. The lowest BCUT2D eigenvalue weighted by atomic mass is 10.1. The average Bonchev–Trinajstić information content (AvgIpc) is 3.05. The standard InChI is InChI=1S/C18H26ClFN4O/c1-3-17(25)24-11-9-13(12-24)23-18(21-4-2)22-10-8-14-15(19)6-5-7-16(14)20/h5-7,13H,3-4,8-12H2,1-2H3,(H2,21,22,23). The summed E-state index contributed by atoms with van der Waals surface area (Å²) in [5, 5.41) is 6.98. The smallest absolute Gasteiger partial charge is 0.222 e. The molecule has 7 heteroatoms. The summed E-state index contributed by atoms with van der Waals surface area (Å²) < 4.78 is 13.8. The normalized spacial score (nSPS) is 17.7. The van der Waals surface area contributed by atoms with Crippen LogP contribution in [0.3, 0.4) is 0 Å². The summed E-state index contributed by atoms with van der Waals surface area (Å²) >= 11 is 6.05. The fourth-order valence-electron chi connectivity index (χ4n) is 2.89. The van der Waals surface area contributed by atoms with Gasteiger partial charge in [-0.15, -0.1) is 0 Å². The lowest BCUT2D eigenvalue weighted by Crippen LogP contribution is -2.45. The Morgan fingerprint density at radius 2 is 2.24 bits per heavy atom. The zero-order valence-corrected chi connectivity index (χ0v) is 15.6. The number of guanidine groups is 1. The van der Waals surface area contributed by atoms with Gasteiger partial charge in [-0.05, 0) is 31.9 Å². The highest BCUT2D eigenvalue weighted by molar-refractivity contribution is 6.31. The Labute approximate surface area is 153 Å². The van der Waals surface area contributed by atoms with E-state index in [1.54, 1.807) is 12.1 Å². The lowest BCUT2D eigenvalue weighted by Gasteiger charge is -2.18. The number of nitrogens with one attached hydrogen (secondary N) is 2. The van der Waals surface area contributed by atoms with E-state index in [9.17, 15) is 9.18 Å². The Kier molecular flexibility index (Phi) is 7.50. The molecule has 1 unspecified atom stereocenters. The number of halogens is 2. The van der Waals surface area contributed by atoms with Gasteiger partial charge in [-0.2, -0.15) is 0 Å². The molecule has 0 aromatic heterocycles. The van der Waals surface area contributed by atoms with Gasteiger partial charge in [-0.25, -0.2) is 4.39 Å². The molecule has 0 saturated carbocycles. The summed E-state index contributed by atoms with van der Waals surface area (Å²) in [6.07, 6.45) is 1.87. The van der Waals surface area contributed by atoms with E-state index < -0.39 is 0 Å². The molecule has 25 heavy (non-hydrogen) atoms. The molecule has 2 rings (SSSR count). The zero-order valence-electron chi connectivity index (χ0n) is 14.8. The van der Waals surface area contributed by atoms with Crippen molar-refractivity contribution in [2.24, 2.45) is 4.99 Å². The van der Waals surface area contributed by atoms with Crippen molar-refractivity contribution in [1.29, 1.82) is 0 Å². The number of rotatable bonds is 6. The molecular weight excluding hydrogens is 343 g/mol. The van der Waals surface area contributed by atoms with Crippen LogP contribution in [0.4, 0.5) is 4.39 Å². The summed E-state index contributed by atoms with van der Waals surface area (Å²) in [4.78, 5) is 18.2. The van der Waals surface area contributed by atoms with Crippen molar-refractivity contribution in [2.45, 2.75) is 39.2 Å². The van der Waals surface area contributed by atoms with Gasteiger partial charge < -0.3 is 15.5 Å². The maximum absolute atomic E-state index is 13.8. The molecule has 1 atom stereocenters. The molecule has 1 heterocycles. The molecule has 5 nitrogen and oxygen atoms in total. The lowest BCUT2D eigenvalue weighted by molar-refractivity contribution is -0.129. The first-order valence-electron chi connectivity index (χ1n) is 8.80. The summed E-state index contributed by atoms with van der Waals surface area (Å²) in [5.41, 5.74) is 0.490. The minimum absolute atomic E-state index is 0.181. The Morgan fingerprint density at radius 1 is 1.44 bits per heavy atom. The number of amides is 1. The predicted molar refractivity (Wildman–Crippen MR) is 99.5 cm³/mol. The van der Waals surface area contributed by atoms with Gasteiger partial charge in [0.15, 0.2) is 5.96 Å². The van der Waals surface area contributed by atoms with Crippen molar-refractivity contribution in [1.82, 2.24) is 15.5 Å².